The predicted octanol–water partition coefficient (Wildman–Crippen LogP) is 11.6. The molecule has 226 valence electrons. The molecular weight excluding hydrogens is 508 g/mol. The average Bonchev–Trinajstić information content (AvgIpc) is 3.03. The van der Waals surface area contributed by atoms with Crippen LogP contribution in [0.25, 0.3) is 24.3 Å². The molecule has 0 atom stereocenters. The molecule has 0 heterocycles. The summed E-state index contributed by atoms with van der Waals surface area (Å²) in [7, 11) is 0. The van der Waals surface area contributed by atoms with Crippen LogP contribution < -0.4 is 9.80 Å². The average molecular weight is 565 g/mol. The van der Waals surface area contributed by atoms with Gasteiger partial charge >= 0.3 is 0 Å². The summed E-state index contributed by atoms with van der Waals surface area (Å²) in [5, 5.41) is 0. The summed E-state index contributed by atoms with van der Waals surface area (Å²) in [4.78, 5) is 5.12. The van der Waals surface area contributed by atoms with Gasteiger partial charge < -0.3 is 9.80 Å². The summed E-state index contributed by atoms with van der Waals surface area (Å²) in [6, 6.07) is 27.0. The largest absolute Gasteiger partial charge is 0.372 e. The number of anilines is 2. The second-order valence-electron chi connectivity index (χ2n) is 11.6. The first-order valence-corrected chi connectivity index (χ1v) is 16.8. The highest BCUT2D eigenvalue weighted by Gasteiger charge is 2.07. The monoisotopic (exact) mass is 564 g/mol. The molecule has 0 unspecified atom stereocenters. The van der Waals surface area contributed by atoms with Crippen molar-refractivity contribution in [3.05, 3.63) is 95.1 Å². The Morgan fingerprint density at radius 2 is 0.619 bits per heavy atom. The molecule has 3 aromatic carbocycles. The van der Waals surface area contributed by atoms with Gasteiger partial charge in [0.05, 0.1) is 0 Å². The van der Waals surface area contributed by atoms with E-state index in [1.54, 1.807) is 0 Å². The fourth-order valence-corrected chi connectivity index (χ4v) is 5.24. The third-order valence-corrected chi connectivity index (χ3v) is 8.02. The Bertz CT molecular complexity index is 1060. The summed E-state index contributed by atoms with van der Waals surface area (Å²) in [5.41, 5.74) is 7.63. The van der Waals surface area contributed by atoms with E-state index in [0.717, 1.165) is 26.2 Å². The minimum absolute atomic E-state index is 1.15. The summed E-state index contributed by atoms with van der Waals surface area (Å²) >= 11 is 0. The first kappa shape index (κ1) is 33.2. The minimum atomic E-state index is 1.15. The predicted molar refractivity (Wildman–Crippen MR) is 190 cm³/mol. The molecule has 0 aliphatic heterocycles. The number of hydrogen-bond acceptors (Lipinski definition) is 2. The van der Waals surface area contributed by atoms with Gasteiger partial charge in [-0.05, 0) is 72.2 Å². The topological polar surface area (TPSA) is 6.48 Å². The smallest absolute Gasteiger partial charge is 0.0366 e. The molecule has 0 N–H and O–H groups in total. The Morgan fingerprint density at radius 3 is 0.905 bits per heavy atom. The molecule has 0 fully saturated rings. The summed E-state index contributed by atoms with van der Waals surface area (Å²) in [6.45, 7) is 13.7. The molecule has 0 aliphatic rings. The van der Waals surface area contributed by atoms with Crippen LogP contribution >= 0.6 is 0 Å². The van der Waals surface area contributed by atoms with Crippen LogP contribution in [-0.2, 0) is 0 Å². The highest BCUT2D eigenvalue weighted by atomic mass is 15.1. The van der Waals surface area contributed by atoms with Crippen molar-refractivity contribution in [3.8, 4) is 0 Å². The zero-order valence-electron chi connectivity index (χ0n) is 27.0. The zero-order valence-corrected chi connectivity index (χ0v) is 27.0. The third kappa shape index (κ3) is 11.9. The van der Waals surface area contributed by atoms with Crippen LogP contribution in [0.15, 0.2) is 72.8 Å². The van der Waals surface area contributed by atoms with Gasteiger partial charge in [0, 0.05) is 37.6 Å². The summed E-state index contributed by atoms with van der Waals surface area (Å²) in [5.74, 6) is 0. The fourth-order valence-electron chi connectivity index (χ4n) is 5.24. The van der Waals surface area contributed by atoms with Crippen molar-refractivity contribution in [2.45, 2.75) is 91.9 Å². The van der Waals surface area contributed by atoms with Crippen molar-refractivity contribution in [2.24, 2.45) is 0 Å². The van der Waals surface area contributed by atoms with Crippen molar-refractivity contribution in [3.63, 3.8) is 0 Å². The van der Waals surface area contributed by atoms with Gasteiger partial charge in [-0.1, -0.05) is 139 Å². The fraction of sp³-hybridized carbons (Fsp3) is 0.450. The molecule has 0 aliphatic carbocycles. The molecule has 0 amide bonds. The van der Waals surface area contributed by atoms with Crippen molar-refractivity contribution in [2.75, 3.05) is 36.0 Å². The second kappa shape index (κ2) is 19.8. The standard InChI is InChI=1S/C40H56N2/c1-5-9-13-33-41(31-11-7-3)39-27-23-37(24-28-39)21-19-35-15-17-36(18-16-35)20-22-38-25-29-40(30-26-38)42(32-12-8-4)34-14-10-6-2/h15-30H,5-14,31-34H2,1-4H3/b21-19+,22-20+. The van der Waals surface area contributed by atoms with Gasteiger partial charge in [0.1, 0.15) is 0 Å². The van der Waals surface area contributed by atoms with E-state index >= 15 is 0 Å². The second-order valence-corrected chi connectivity index (χ2v) is 11.6. The van der Waals surface area contributed by atoms with Crippen LogP contribution in [0.2, 0.25) is 0 Å². The van der Waals surface area contributed by atoms with Gasteiger partial charge in [0.15, 0.2) is 0 Å². The maximum Gasteiger partial charge on any atom is 0.0366 e. The number of rotatable bonds is 20. The number of hydrogen-bond donors (Lipinski definition) is 0. The van der Waals surface area contributed by atoms with E-state index in [4.69, 9.17) is 0 Å². The van der Waals surface area contributed by atoms with E-state index in [9.17, 15) is 0 Å². The lowest BCUT2D eigenvalue weighted by Crippen LogP contribution is -2.25. The van der Waals surface area contributed by atoms with Gasteiger partial charge in [0.2, 0.25) is 0 Å². The van der Waals surface area contributed by atoms with Crippen LogP contribution in [0.1, 0.15) is 114 Å². The molecule has 2 heteroatoms. The number of benzene rings is 3. The van der Waals surface area contributed by atoms with Crippen LogP contribution in [0.5, 0.6) is 0 Å². The summed E-state index contributed by atoms with van der Waals surface area (Å²) < 4.78 is 0. The Labute approximate surface area is 258 Å². The molecule has 3 aromatic rings. The van der Waals surface area contributed by atoms with Crippen LogP contribution in [-0.4, -0.2) is 26.2 Å². The highest BCUT2D eigenvalue weighted by Crippen LogP contribution is 2.21. The number of unbranched alkanes of at least 4 members (excludes halogenated alkanes) is 6. The lowest BCUT2D eigenvalue weighted by atomic mass is 10.1. The van der Waals surface area contributed by atoms with E-state index in [1.165, 1.54) is 97.8 Å². The highest BCUT2D eigenvalue weighted by molar-refractivity contribution is 5.74. The maximum atomic E-state index is 2.56. The quantitative estimate of drug-likeness (QED) is 0.0994. The van der Waals surface area contributed by atoms with Gasteiger partial charge in [-0.2, -0.15) is 0 Å². The Balaban J connectivity index is 1.55. The normalized spacial score (nSPS) is 11.5. The molecule has 0 bridgehead atoms. The van der Waals surface area contributed by atoms with Gasteiger partial charge in [-0.3, -0.25) is 0 Å². The Kier molecular flexibility index (Phi) is 15.7. The molecule has 0 spiro atoms. The van der Waals surface area contributed by atoms with E-state index in [-0.39, 0.29) is 0 Å². The van der Waals surface area contributed by atoms with E-state index < -0.39 is 0 Å². The molecule has 0 aromatic heterocycles. The molecule has 0 radical (unpaired) electrons. The van der Waals surface area contributed by atoms with Crippen LogP contribution in [0.3, 0.4) is 0 Å². The lowest BCUT2D eigenvalue weighted by Gasteiger charge is -2.25. The van der Waals surface area contributed by atoms with Crippen LogP contribution in [0, 0.1) is 0 Å². The molecule has 0 saturated heterocycles. The Hall–Kier alpha value is -3.26. The molecule has 0 saturated carbocycles. The van der Waals surface area contributed by atoms with Crippen molar-refractivity contribution in [1.82, 2.24) is 0 Å². The SMILES string of the molecule is CCCCCN(CCCC)c1ccc(/C=C/c2ccc(/C=C/c3ccc(N(CCCC)CCCCC)cc3)cc2)cc1. The van der Waals surface area contributed by atoms with Gasteiger partial charge in [-0.15, -0.1) is 0 Å². The van der Waals surface area contributed by atoms with Crippen molar-refractivity contribution >= 4 is 35.7 Å². The van der Waals surface area contributed by atoms with E-state index in [2.05, 4.69) is 135 Å². The molecule has 42 heavy (non-hydrogen) atoms. The van der Waals surface area contributed by atoms with E-state index in [1.807, 2.05) is 0 Å². The first-order valence-electron chi connectivity index (χ1n) is 16.8. The third-order valence-electron chi connectivity index (χ3n) is 8.02. The molecular formula is C40H56N2. The summed E-state index contributed by atoms with van der Waals surface area (Å²) in [6.07, 6.45) is 21.5. The van der Waals surface area contributed by atoms with Gasteiger partial charge in [-0.25, -0.2) is 0 Å². The maximum absolute atomic E-state index is 2.56. The van der Waals surface area contributed by atoms with E-state index in [0.29, 0.717) is 0 Å². The van der Waals surface area contributed by atoms with Gasteiger partial charge in [0.25, 0.3) is 0 Å². The Morgan fingerprint density at radius 1 is 0.357 bits per heavy atom. The first-order chi connectivity index (χ1) is 20.7. The number of nitrogens with zero attached hydrogens (tertiary/aromatic N) is 2. The minimum Gasteiger partial charge on any atom is -0.372 e. The molecule has 3 rings (SSSR count). The van der Waals surface area contributed by atoms with Crippen molar-refractivity contribution < 1.29 is 0 Å². The molecule has 2 nitrogen and oxygen atoms in total. The van der Waals surface area contributed by atoms with Crippen molar-refractivity contribution in [1.29, 1.82) is 0 Å². The zero-order chi connectivity index (χ0) is 29.8. The lowest BCUT2D eigenvalue weighted by molar-refractivity contribution is 0.653. The van der Waals surface area contributed by atoms with Crippen LogP contribution in [0.4, 0.5) is 11.4 Å².